The maximum atomic E-state index is 12.7. The topological polar surface area (TPSA) is 43.9 Å². The SMILES string of the molecule is CC(=O)N1CCCN(CC2CCCN(C(=O)[C@H]3CC3(C)C)C2)CC1. The molecule has 0 aromatic heterocycles. The summed E-state index contributed by atoms with van der Waals surface area (Å²) in [6.45, 7) is 12.8. The van der Waals surface area contributed by atoms with Crippen LogP contribution in [0.15, 0.2) is 0 Å². The molecule has 2 atom stereocenters. The van der Waals surface area contributed by atoms with Crippen LogP contribution >= 0.6 is 0 Å². The van der Waals surface area contributed by atoms with Crippen molar-refractivity contribution in [3.05, 3.63) is 0 Å². The van der Waals surface area contributed by atoms with E-state index in [1.54, 1.807) is 6.92 Å². The minimum absolute atomic E-state index is 0.193. The fourth-order valence-electron chi connectivity index (χ4n) is 4.36. The summed E-state index contributed by atoms with van der Waals surface area (Å²) in [6.07, 6.45) is 4.48. The molecule has 136 valence electrons. The Labute approximate surface area is 146 Å². The molecule has 3 aliphatic rings. The van der Waals surface area contributed by atoms with Crippen LogP contribution in [0.3, 0.4) is 0 Å². The zero-order valence-electron chi connectivity index (χ0n) is 15.6. The van der Waals surface area contributed by atoms with Gasteiger partial charge in [0.25, 0.3) is 0 Å². The van der Waals surface area contributed by atoms with Crippen molar-refractivity contribution in [3.8, 4) is 0 Å². The minimum Gasteiger partial charge on any atom is -0.342 e. The molecule has 5 nitrogen and oxygen atoms in total. The van der Waals surface area contributed by atoms with E-state index in [-0.39, 0.29) is 17.2 Å². The minimum atomic E-state index is 0.193. The Hall–Kier alpha value is -1.10. The van der Waals surface area contributed by atoms with Gasteiger partial charge in [0.1, 0.15) is 0 Å². The van der Waals surface area contributed by atoms with Gasteiger partial charge in [-0.05, 0) is 43.6 Å². The van der Waals surface area contributed by atoms with Crippen molar-refractivity contribution in [1.29, 1.82) is 0 Å². The summed E-state index contributed by atoms with van der Waals surface area (Å²) in [6, 6.07) is 0. The molecule has 2 aliphatic heterocycles. The van der Waals surface area contributed by atoms with E-state index in [0.29, 0.717) is 11.8 Å². The molecule has 0 aromatic carbocycles. The third kappa shape index (κ3) is 4.11. The van der Waals surface area contributed by atoms with E-state index < -0.39 is 0 Å². The van der Waals surface area contributed by atoms with Gasteiger partial charge in [-0.25, -0.2) is 0 Å². The van der Waals surface area contributed by atoms with Crippen molar-refractivity contribution >= 4 is 11.8 Å². The maximum Gasteiger partial charge on any atom is 0.226 e. The lowest BCUT2D eigenvalue weighted by molar-refractivity contribution is -0.135. The second kappa shape index (κ2) is 7.03. The van der Waals surface area contributed by atoms with Gasteiger partial charge in [0.05, 0.1) is 0 Å². The average Bonchev–Trinajstić information content (AvgIpc) is 3.23. The monoisotopic (exact) mass is 335 g/mol. The number of rotatable bonds is 3. The molecule has 0 N–H and O–H groups in total. The Kier molecular flexibility index (Phi) is 5.19. The van der Waals surface area contributed by atoms with Gasteiger partial charge < -0.3 is 14.7 Å². The summed E-state index contributed by atoms with van der Waals surface area (Å²) < 4.78 is 0. The van der Waals surface area contributed by atoms with Crippen LogP contribution in [0.25, 0.3) is 0 Å². The summed E-state index contributed by atoms with van der Waals surface area (Å²) in [7, 11) is 0. The third-order valence-corrected chi connectivity index (χ3v) is 6.19. The zero-order chi connectivity index (χ0) is 17.3. The fraction of sp³-hybridized carbons (Fsp3) is 0.895. The average molecular weight is 335 g/mol. The molecular formula is C19H33N3O2. The third-order valence-electron chi connectivity index (χ3n) is 6.19. The highest BCUT2D eigenvalue weighted by atomic mass is 16.2. The molecule has 0 aromatic rings. The Bertz CT molecular complexity index is 491. The maximum absolute atomic E-state index is 12.7. The van der Waals surface area contributed by atoms with Crippen LogP contribution in [0.5, 0.6) is 0 Å². The molecule has 2 heterocycles. The first-order valence-electron chi connectivity index (χ1n) is 9.63. The van der Waals surface area contributed by atoms with Crippen LogP contribution in [-0.4, -0.2) is 72.3 Å². The van der Waals surface area contributed by atoms with Crippen molar-refractivity contribution < 1.29 is 9.59 Å². The molecule has 0 radical (unpaired) electrons. The Morgan fingerprint density at radius 2 is 1.71 bits per heavy atom. The highest BCUT2D eigenvalue weighted by molar-refractivity contribution is 5.82. The smallest absolute Gasteiger partial charge is 0.226 e. The van der Waals surface area contributed by atoms with Gasteiger partial charge in [-0.15, -0.1) is 0 Å². The van der Waals surface area contributed by atoms with E-state index in [0.717, 1.165) is 65.1 Å². The Balaban J connectivity index is 1.48. The first-order chi connectivity index (χ1) is 11.4. The molecule has 1 aliphatic carbocycles. The van der Waals surface area contributed by atoms with E-state index in [1.165, 1.54) is 6.42 Å². The number of nitrogens with zero attached hydrogens (tertiary/aromatic N) is 3. The lowest BCUT2D eigenvalue weighted by Gasteiger charge is -2.36. The van der Waals surface area contributed by atoms with Gasteiger partial charge in [0.2, 0.25) is 11.8 Å². The summed E-state index contributed by atoms with van der Waals surface area (Å²) in [4.78, 5) is 30.8. The number of carbonyl (C=O) groups is 2. The van der Waals surface area contributed by atoms with Crippen molar-refractivity contribution in [2.75, 3.05) is 45.8 Å². The normalized spacial score (nSPS) is 30.8. The second-order valence-electron chi connectivity index (χ2n) is 8.70. The Morgan fingerprint density at radius 3 is 2.38 bits per heavy atom. The lowest BCUT2D eigenvalue weighted by Crippen LogP contribution is -2.45. The quantitative estimate of drug-likeness (QED) is 0.790. The second-order valence-corrected chi connectivity index (χ2v) is 8.70. The van der Waals surface area contributed by atoms with Gasteiger partial charge in [0.15, 0.2) is 0 Å². The van der Waals surface area contributed by atoms with Crippen LogP contribution in [0.1, 0.15) is 46.5 Å². The zero-order valence-corrected chi connectivity index (χ0v) is 15.6. The van der Waals surface area contributed by atoms with Gasteiger partial charge in [0, 0.05) is 52.1 Å². The van der Waals surface area contributed by atoms with E-state index >= 15 is 0 Å². The molecule has 0 spiro atoms. The fourth-order valence-corrected chi connectivity index (χ4v) is 4.36. The molecule has 2 amide bonds. The van der Waals surface area contributed by atoms with Crippen LogP contribution in [0.2, 0.25) is 0 Å². The number of hydrogen-bond acceptors (Lipinski definition) is 3. The first kappa shape index (κ1) is 17.7. The van der Waals surface area contributed by atoms with Gasteiger partial charge in [-0.1, -0.05) is 13.8 Å². The molecule has 24 heavy (non-hydrogen) atoms. The Morgan fingerprint density at radius 1 is 1.00 bits per heavy atom. The first-order valence-corrected chi connectivity index (χ1v) is 9.63. The van der Waals surface area contributed by atoms with Crippen molar-refractivity contribution in [1.82, 2.24) is 14.7 Å². The van der Waals surface area contributed by atoms with Gasteiger partial charge in [-0.2, -0.15) is 0 Å². The van der Waals surface area contributed by atoms with Crippen molar-refractivity contribution in [2.24, 2.45) is 17.3 Å². The molecule has 0 bridgehead atoms. The number of amides is 2. The van der Waals surface area contributed by atoms with Gasteiger partial charge >= 0.3 is 0 Å². The van der Waals surface area contributed by atoms with Crippen LogP contribution < -0.4 is 0 Å². The molecule has 1 saturated carbocycles. The summed E-state index contributed by atoms with van der Waals surface area (Å²) in [5.74, 6) is 1.44. The highest BCUT2D eigenvalue weighted by Gasteiger charge is 2.52. The number of hydrogen-bond donors (Lipinski definition) is 0. The van der Waals surface area contributed by atoms with Crippen LogP contribution in [0, 0.1) is 17.3 Å². The largest absolute Gasteiger partial charge is 0.342 e. The number of likely N-dealkylation sites (tertiary alicyclic amines) is 1. The molecular weight excluding hydrogens is 302 g/mol. The predicted octanol–water partition coefficient (Wildman–Crippen LogP) is 1.83. The van der Waals surface area contributed by atoms with E-state index in [4.69, 9.17) is 0 Å². The summed E-state index contributed by atoms with van der Waals surface area (Å²) in [5.41, 5.74) is 0.227. The van der Waals surface area contributed by atoms with E-state index in [2.05, 4.69) is 23.6 Å². The molecule has 1 unspecified atom stereocenters. The molecule has 5 heteroatoms. The molecule has 3 fully saturated rings. The highest BCUT2D eigenvalue weighted by Crippen LogP contribution is 2.52. The van der Waals surface area contributed by atoms with E-state index in [1.807, 2.05) is 4.90 Å². The van der Waals surface area contributed by atoms with Gasteiger partial charge in [-0.3, -0.25) is 9.59 Å². The van der Waals surface area contributed by atoms with Crippen LogP contribution in [0.4, 0.5) is 0 Å². The van der Waals surface area contributed by atoms with Crippen LogP contribution in [-0.2, 0) is 9.59 Å². The van der Waals surface area contributed by atoms with Crippen molar-refractivity contribution in [3.63, 3.8) is 0 Å². The van der Waals surface area contributed by atoms with Crippen molar-refractivity contribution in [2.45, 2.75) is 46.5 Å². The predicted molar refractivity (Wildman–Crippen MR) is 94.5 cm³/mol. The molecule has 3 rings (SSSR count). The summed E-state index contributed by atoms with van der Waals surface area (Å²) >= 11 is 0. The molecule has 2 saturated heterocycles. The number of piperidine rings is 1. The number of carbonyl (C=O) groups excluding carboxylic acids is 2. The standard InChI is InChI=1S/C19H33N3O2/c1-15(23)21-9-5-7-20(10-11-21)13-16-6-4-8-22(14-16)18(24)17-12-19(17,2)3/h16-17H,4-14H2,1-3H3/t16?,17-/m1/s1. The lowest BCUT2D eigenvalue weighted by atomic mass is 9.96. The summed E-state index contributed by atoms with van der Waals surface area (Å²) in [5, 5.41) is 0. The van der Waals surface area contributed by atoms with E-state index in [9.17, 15) is 9.59 Å².